The van der Waals surface area contributed by atoms with E-state index in [9.17, 15) is 28.5 Å². The normalized spacial score (nSPS) is 10.4. The number of Topliss-reactive ketones (excluding diaryl/α,β-unsaturated/α-hetero) is 1. The lowest BCUT2D eigenvalue weighted by Gasteiger charge is -2.12. The number of benzene rings is 2. The van der Waals surface area contributed by atoms with Crippen molar-refractivity contribution >= 4 is 23.1 Å². The van der Waals surface area contributed by atoms with Crippen LogP contribution in [-0.2, 0) is 0 Å². The van der Waals surface area contributed by atoms with Gasteiger partial charge in [0.25, 0.3) is 11.6 Å². The molecule has 1 amide bonds. The van der Waals surface area contributed by atoms with Crippen LogP contribution in [0, 0.1) is 10.1 Å². The quantitative estimate of drug-likeness (QED) is 0.446. The van der Waals surface area contributed by atoms with Crippen LogP contribution in [0.3, 0.4) is 0 Å². The van der Waals surface area contributed by atoms with E-state index < -0.39 is 34.4 Å². The number of ketones is 1. The Bertz CT molecular complexity index is 901. The molecule has 0 fully saturated rings. The van der Waals surface area contributed by atoms with Crippen LogP contribution in [0.1, 0.15) is 27.6 Å². The van der Waals surface area contributed by atoms with Crippen LogP contribution in [0.2, 0.25) is 0 Å². The summed E-state index contributed by atoms with van der Waals surface area (Å²) in [7, 11) is 1.14. The fourth-order valence-electron chi connectivity index (χ4n) is 2.24. The highest BCUT2D eigenvalue weighted by atomic mass is 19.3. The molecule has 0 aromatic heterocycles. The summed E-state index contributed by atoms with van der Waals surface area (Å²) in [6.07, 6.45) is 0. The third-order valence-electron chi connectivity index (χ3n) is 3.47. The molecule has 10 heteroatoms. The summed E-state index contributed by atoms with van der Waals surface area (Å²) in [6.45, 7) is -1.88. The third kappa shape index (κ3) is 4.75. The van der Waals surface area contributed by atoms with Gasteiger partial charge in [0.05, 0.1) is 18.1 Å². The molecule has 0 spiro atoms. The Labute approximate surface area is 151 Å². The fourth-order valence-corrected chi connectivity index (χ4v) is 2.24. The van der Waals surface area contributed by atoms with Gasteiger partial charge in [-0.1, -0.05) is 12.1 Å². The molecule has 1 N–H and O–H groups in total. The molecule has 8 nitrogen and oxygen atoms in total. The van der Waals surface area contributed by atoms with E-state index in [4.69, 9.17) is 4.74 Å². The number of alkyl halides is 2. The SMILES string of the molecule is COc1cc(C(=O)Nc2cccc(C(C)=O)c2)c([N+](=O)[O-])cc1OC(F)F. The van der Waals surface area contributed by atoms with Crippen LogP contribution in [0.4, 0.5) is 20.2 Å². The molecular formula is C17H14F2N2O6. The first-order chi connectivity index (χ1) is 12.7. The predicted octanol–water partition coefficient (Wildman–Crippen LogP) is 3.66. The van der Waals surface area contributed by atoms with Crippen molar-refractivity contribution in [3.05, 3.63) is 57.6 Å². The number of methoxy groups -OCH3 is 1. The first-order valence-corrected chi connectivity index (χ1v) is 7.46. The van der Waals surface area contributed by atoms with E-state index in [2.05, 4.69) is 10.1 Å². The highest BCUT2D eigenvalue weighted by Crippen LogP contribution is 2.36. The number of hydrogen-bond acceptors (Lipinski definition) is 6. The molecule has 142 valence electrons. The molecule has 0 unspecified atom stereocenters. The summed E-state index contributed by atoms with van der Waals surface area (Å²) in [4.78, 5) is 34.2. The van der Waals surface area contributed by atoms with Crippen molar-refractivity contribution in [1.82, 2.24) is 0 Å². The van der Waals surface area contributed by atoms with Gasteiger partial charge in [0.15, 0.2) is 17.3 Å². The number of nitrogens with one attached hydrogen (secondary N) is 1. The van der Waals surface area contributed by atoms with Gasteiger partial charge in [-0.2, -0.15) is 8.78 Å². The molecule has 0 aliphatic rings. The number of amides is 1. The van der Waals surface area contributed by atoms with Gasteiger partial charge >= 0.3 is 6.61 Å². The van der Waals surface area contributed by atoms with Crippen LogP contribution in [-0.4, -0.2) is 30.3 Å². The maximum absolute atomic E-state index is 12.5. The van der Waals surface area contributed by atoms with Crippen LogP contribution in [0.5, 0.6) is 11.5 Å². The van der Waals surface area contributed by atoms with Crippen molar-refractivity contribution in [1.29, 1.82) is 0 Å². The molecule has 0 aliphatic carbocycles. The van der Waals surface area contributed by atoms with Crippen molar-refractivity contribution in [3.63, 3.8) is 0 Å². The molecule has 0 saturated carbocycles. The molecule has 0 aliphatic heterocycles. The van der Waals surface area contributed by atoms with E-state index in [0.29, 0.717) is 11.6 Å². The number of anilines is 1. The van der Waals surface area contributed by atoms with Crippen molar-refractivity contribution in [2.75, 3.05) is 12.4 Å². The summed E-state index contributed by atoms with van der Waals surface area (Å²) < 4.78 is 34.0. The molecule has 0 saturated heterocycles. The highest BCUT2D eigenvalue weighted by Gasteiger charge is 2.26. The van der Waals surface area contributed by atoms with E-state index in [-0.39, 0.29) is 17.2 Å². The number of carbonyl (C=O) groups is 2. The van der Waals surface area contributed by atoms with Crippen LogP contribution < -0.4 is 14.8 Å². The summed E-state index contributed by atoms with van der Waals surface area (Å²) in [5.41, 5.74) is -0.604. The average molecular weight is 380 g/mol. The fraction of sp³-hybridized carbons (Fsp3) is 0.176. The smallest absolute Gasteiger partial charge is 0.387 e. The second kappa shape index (κ2) is 8.21. The van der Waals surface area contributed by atoms with E-state index in [1.165, 1.54) is 25.1 Å². The van der Waals surface area contributed by atoms with Crippen LogP contribution >= 0.6 is 0 Å². The Hall–Kier alpha value is -3.56. The van der Waals surface area contributed by atoms with Crippen LogP contribution in [0.25, 0.3) is 0 Å². The second-order valence-electron chi connectivity index (χ2n) is 5.25. The van der Waals surface area contributed by atoms with Crippen molar-refractivity contribution < 1.29 is 32.8 Å². The second-order valence-corrected chi connectivity index (χ2v) is 5.25. The van der Waals surface area contributed by atoms with Gasteiger partial charge in [-0.05, 0) is 19.1 Å². The summed E-state index contributed by atoms with van der Waals surface area (Å²) in [6, 6.07) is 7.58. The van der Waals surface area contributed by atoms with Gasteiger partial charge < -0.3 is 14.8 Å². The highest BCUT2D eigenvalue weighted by molar-refractivity contribution is 6.08. The number of nitrogens with zero attached hydrogens (tertiary/aromatic N) is 1. The Balaban J connectivity index is 2.43. The molecule has 2 rings (SSSR count). The minimum Gasteiger partial charge on any atom is -0.493 e. The monoisotopic (exact) mass is 380 g/mol. The molecule has 0 bridgehead atoms. The van der Waals surface area contributed by atoms with Gasteiger partial charge in [0.2, 0.25) is 0 Å². The van der Waals surface area contributed by atoms with Crippen molar-refractivity contribution in [2.45, 2.75) is 13.5 Å². The van der Waals surface area contributed by atoms with Gasteiger partial charge in [0, 0.05) is 17.3 Å². The number of hydrogen-bond donors (Lipinski definition) is 1. The van der Waals surface area contributed by atoms with Gasteiger partial charge in [0.1, 0.15) is 5.56 Å². The number of carbonyl (C=O) groups excluding carboxylic acids is 2. The molecular weight excluding hydrogens is 366 g/mol. The predicted molar refractivity (Wildman–Crippen MR) is 90.7 cm³/mol. The molecule has 2 aromatic carbocycles. The summed E-state index contributed by atoms with van der Waals surface area (Å²) in [5.74, 6) is -1.96. The Morgan fingerprint density at radius 2 is 1.89 bits per heavy atom. The van der Waals surface area contributed by atoms with Crippen LogP contribution in [0.15, 0.2) is 36.4 Å². The van der Waals surface area contributed by atoms with Gasteiger partial charge in [-0.3, -0.25) is 19.7 Å². The van der Waals surface area contributed by atoms with Gasteiger partial charge in [-0.15, -0.1) is 0 Å². The topological polar surface area (TPSA) is 108 Å². The number of nitro groups is 1. The third-order valence-corrected chi connectivity index (χ3v) is 3.47. The number of ether oxygens (including phenoxy) is 2. The molecule has 0 atom stereocenters. The maximum atomic E-state index is 12.5. The van der Waals surface area contributed by atoms with E-state index in [1.807, 2.05) is 0 Å². The van der Waals surface area contributed by atoms with E-state index >= 15 is 0 Å². The molecule has 0 radical (unpaired) electrons. The number of halogens is 2. The standard InChI is InChI=1S/C17H14F2N2O6/c1-9(22)10-4-3-5-11(6-10)20-16(23)12-7-14(26-2)15(27-17(18)19)8-13(12)21(24)25/h3-8,17H,1-2H3,(H,20,23). The lowest BCUT2D eigenvalue weighted by Crippen LogP contribution is -2.15. The van der Waals surface area contributed by atoms with E-state index in [1.54, 1.807) is 6.07 Å². The number of rotatable bonds is 7. The minimum atomic E-state index is -3.23. The zero-order valence-corrected chi connectivity index (χ0v) is 14.2. The molecule has 2 aromatic rings. The average Bonchev–Trinajstić information content (AvgIpc) is 2.60. The lowest BCUT2D eigenvalue weighted by molar-refractivity contribution is -0.385. The van der Waals surface area contributed by atoms with E-state index in [0.717, 1.165) is 13.2 Å². The van der Waals surface area contributed by atoms with Crippen molar-refractivity contribution in [2.24, 2.45) is 0 Å². The largest absolute Gasteiger partial charge is 0.493 e. The molecule has 27 heavy (non-hydrogen) atoms. The summed E-state index contributed by atoms with van der Waals surface area (Å²) in [5, 5.41) is 13.7. The lowest BCUT2D eigenvalue weighted by atomic mass is 10.1. The minimum absolute atomic E-state index is 0.229. The zero-order valence-electron chi connectivity index (χ0n) is 14.2. The first kappa shape index (κ1) is 19.8. The number of nitro benzene ring substituents is 1. The Morgan fingerprint density at radius 3 is 2.44 bits per heavy atom. The first-order valence-electron chi connectivity index (χ1n) is 7.46. The zero-order chi connectivity index (χ0) is 20.1. The summed E-state index contributed by atoms with van der Waals surface area (Å²) >= 11 is 0. The Kier molecular flexibility index (Phi) is 6.01. The maximum Gasteiger partial charge on any atom is 0.387 e. The van der Waals surface area contributed by atoms with Gasteiger partial charge in [-0.25, -0.2) is 0 Å². The molecule has 0 heterocycles. The Morgan fingerprint density at radius 1 is 1.19 bits per heavy atom. The van der Waals surface area contributed by atoms with Crippen molar-refractivity contribution in [3.8, 4) is 11.5 Å².